The molecule has 1 aromatic rings. The number of aromatic nitrogens is 1. The van der Waals surface area contributed by atoms with Crippen LogP contribution in [-0.2, 0) is 20.3 Å². The van der Waals surface area contributed by atoms with Gasteiger partial charge in [0.05, 0.1) is 23.8 Å². The van der Waals surface area contributed by atoms with Gasteiger partial charge >= 0.3 is 0 Å². The zero-order valence-corrected chi connectivity index (χ0v) is 10.7. The number of methoxy groups -OCH3 is 1. The minimum atomic E-state index is -3.11. The Hall–Kier alpha value is -0.460. The number of ether oxygens (including phenoxy) is 1. The second-order valence-electron chi connectivity index (χ2n) is 3.05. The average molecular weight is 294 g/mol. The normalized spacial score (nSPS) is 11.6. The maximum atomic E-state index is 11.5. The van der Waals surface area contributed by atoms with Crippen LogP contribution < -0.4 is 0 Å². The molecule has 0 aliphatic carbocycles. The second-order valence-corrected chi connectivity index (χ2v) is 6.15. The van der Waals surface area contributed by atoms with Crippen LogP contribution in [0.4, 0.5) is 0 Å². The number of nitrogens with zero attached hydrogens (tertiary/aromatic N) is 1. The highest BCUT2D eigenvalue weighted by Crippen LogP contribution is 2.09. The van der Waals surface area contributed by atoms with E-state index in [2.05, 4.69) is 20.9 Å². The third kappa shape index (κ3) is 4.72. The molecule has 1 heterocycles. The summed E-state index contributed by atoms with van der Waals surface area (Å²) < 4.78 is 28.6. The van der Waals surface area contributed by atoms with Crippen LogP contribution in [0.3, 0.4) is 0 Å². The fourth-order valence-corrected chi connectivity index (χ4v) is 2.42. The van der Waals surface area contributed by atoms with Crippen LogP contribution >= 0.6 is 15.9 Å². The van der Waals surface area contributed by atoms with Gasteiger partial charge in [-0.15, -0.1) is 0 Å². The summed E-state index contributed by atoms with van der Waals surface area (Å²) >= 11 is 3.24. The van der Waals surface area contributed by atoms with E-state index in [4.69, 9.17) is 4.74 Å². The van der Waals surface area contributed by atoms with E-state index >= 15 is 0 Å². The Kier molecular flexibility index (Phi) is 4.69. The van der Waals surface area contributed by atoms with Crippen molar-refractivity contribution in [2.75, 3.05) is 19.5 Å². The first-order valence-electron chi connectivity index (χ1n) is 4.33. The first kappa shape index (κ1) is 12.6. The number of halogens is 1. The molecule has 0 saturated heterocycles. The van der Waals surface area contributed by atoms with Gasteiger partial charge in [0.2, 0.25) is 0 Å². The van der Waals surface area contributed by atoms with E-state index in [0.717, 1.165) is 4.47 Å². The Labute approximate surface area is 97.7 Å². The molecule has 15 heavy (non-hydrogen) atoms. The van der Waals surface area contributed by atoms with Gasteiger partial charge in [-0.05, 0) is 28.1 Å². The largest absolute Gasteiger partial charge is 0.384 e. The molecule has 0 fully saturated rings. The highest BCUT2D eigenvalue weighted by Gasteiger charge is 2.12. The Morgan fingerprint density at radius 1 is 1.47 bits per heavy atom. The van der Waals surface area contributed by atoms with Crippen LogP contribution in [-0.4, -0.2) is 32.9 Å². The number of hydrogen-bond acceptors (Lipinski definition) is 4. The van der Waals surface area contributed by atoms with E-state index in [9.17, 15) is 8.42 Å². The second kappa shape index (κ2) is 5.58. The molecule has 0 aliphatic rings. The fraction of sp³-hybridized carbons (Fsp3) is 0.444. The van der Waals surface area contributed by atoms with Crippen molar-refractivity contribution in [2.45, 2.75) is 5.75 Å². The molecule has 84 valence electrons. The number of hydrogen-bond donors (Lipinski definition) is 0. The van der Waals surface area contributed by atoms with E-state index in [1.165, 1.54) is 7.11 Å². The fourth-order valence-electron chi connectivity index (χ4n) is 1.000. The van der Waals surface area contributed by atoms with E-state index in [-0.39, 0.29) is 18.1 Å². The molecular weight excluding hydrogens is 282 g/mol. The van der Waals surface area contributed by atoms with Crippen LogP contribution in [0.25, 0.3) is 0 Å². The topological polar surface area (TPSA) is 56.3 Å². The summed E-state index contributed by atoms with van der Waals surface area (Å²) in [4.78, 5) is 4.00. The lowest BCUT2D eigenvalue weighted by Gasteiger charge is -2.03. The maximum Gasteiger partial charge on any atom is 0.158 e. The van der Waals surface area contributed by atoms with Crippen LogP contribution in [0, 0.1) is 0 Å². The van der Waals surface area contributed by atoms with Crippen LogP contribution in [0.15, 0.2) is 22.8 Å². The van der Waals surface area contributed by atoms with Gasteiger partial charge in [0.15, 0.2) is 9.84 Å². The van der Waals surface area contributed by atoms with E-state index in [0.29, 0.717) is 5.69 Å². The molecular formula is C9H12BrNO3S. The minimum absolute atomic E-state index is 0.0290. The van der Waals surface area contributed by atoms with Crippen molar-refractivity contribution >= 4 is 25.8 Å². The van der Waals surface area contributed by atoms with Gasteiger partial charge in [-0.2, -0.15) is 0 Å². The first-order chi connectivity index (χ1) is 7.03. The molecule has 0 aromatic carbocycles. The lowest BCUT2D eigenvalue weighted by molar-refractivity contribution is 0.217. The number of rotatable bonds is 5. The summed E-state index contributed by atoms with van der Waals surface area (Å²) in [6.07, 6.45) is 1.58. The van der Waals surface area contributed by atoms with Gasteiger partial charge in [0.1, 0.15) is 0 Å². The van der Waals surface area contributed by atoms with Gasteiger partial charge in [-0.1, -0.05) is 0 Å². The van der Waals surface area contributed by atoms with Crippen molar-refractivity contribution in [3.05, 3.63) is 28.5 Å². The van der Waals surface area contributed by atoms with Crippen molar-refractivity contribution in [3.8, 4) is 0 Å². The molecule has 0 aliphatic heterocycles. The van der Waals surface area contributed by atoms with Gasteiger partial charge in [0.25, 0.3) is 0 Å². The molecule has 0 radical (unpaired) electrons. The first-order valence-corrected chi connectivity index (χ1v) is 6.95. The van der Waals surface area contributed by atoms with E-state index in [1.807, 2.05) is 0 Å². The van der Waals surface area contributed by atoms with Crippen molar-refractivity contribution in [2.24, 2.45) is 0 Å². The highest BCUT2D eigenvalue weighted by molar-refractivity contribution is 9.10. The molecule has 0 atom stereocenters. The van der Waals surface area contributed by atoms with Gasteiger partial charge < -0.3 is 4.74 Å². The smallest absolute Gasteiger partial charge is 0.158 e. The molecule has 0 amide bonds. The summed E-state index contributed by atoms with van der Waals surface area (Å²) in [6, 6.07) is 3.46. The average Bonchev–Trinajstić information content (AvgIpc) is 2.18. The SMILES string of the molecule is COCCS(=O)(=O)Cc1ccc(Br)cn1. The molecule has 1 rings (SSSR count). The van der Waals surface area contributed by atoms with Crippen LogP contribution in [0.1, 0.15) is 5.69 Å². The molecule has 0 N–H and O–H groups in total. The molecule has 4 nitrogen and oxygen atoms in total. The Morgan fingerprint density at radius 2 is 2.20 bits per heavy atom. The molecule has 0 saturated carbocycles. The Balaban J connectivity index is 2.65. The predicted octanol–water partition coefficient (Wildman–Crippen LogP) is 1.41. The van der Waals surface area contributed by atoms with Crippen molar-refractivity contribution in [1.82, 2.24) is 4.98 Å². The monoisotopic (exact) mass is 293 g/mol. The number of sulfone groups is 1. The summed E-state index contributed by atoms with van der Waals surface area (Å²) in [7, 11) is -1.63. The highest BCUT2D eigenvalue weighted by atomic mass is 79.9. The quantitative estimate of drug-likeness (QED) is 0.824. The van der Waals surface area contributed by atoms with Gasteiger partial charge in [-0.3, -0.25) is 4.98 Å². The lowest BCUT2D eigenvalue weighted by atomic mass is 10.4. The van der Waals surface area contributed by atoms with Crippen molar-refractivity contribution in [1.29, 1.82) is 0 Å². The molecule has 6 heteroatoms. The molecule has 1 aromatic heterocycles. The molecule has 0 bridgehead atoms. The Bertz CT molecular complexity index is 402. The lowest BCUT2D eigenvalue weighted by Crippen LogP contribution is -2.14. The minimum Gasteiger partial charge on any atom is -0.384 e. The maximum absolute atomic E-state index is 11.5. The van der Waals surface area contributed by atoms with Crippen molar-refractivity contribution in [3.63, 3.8) is 0 Å². The van der Waals surface area contributed by atoms with E-state index < -0.39 is 9.84 Å². The summed E-state index contributed by atoms with van der Waals surface area (Å²) in [5.41, 5.74) is 0.550. The number of pyridine rings is 1. The zero-order valence-electron chi connectivity index (χ0n) is 8.31. The Morgan fingerprint density at radius 3 is 2.73 bits per heavy atom. The standard InChI is InChI=1S/C9H12BrNO3S/c1-14-4-5-15(12,13)7-9-3-2-8(10)6-11-9/h2-3,6H,4-5,7H2,1H3. The van der Waals surface area contributed by atoms with E-state index in [1.54, 1.807) is 18.3 Å². The predicted molar refractivity (Wildman–Crippen MR) is 61.3 cm³/mol. The molecule has 0 unspecified atom stereocenters. The van der Waals surface area contributed by atoms with Crippen LogP contribution in [0.2, 0.25) is 0 Å². The summed E-state index contributed by atoms with van der Waals surface area (Å²) in [5, 5.41) is 0. The third-order valence-electron chi connectivity index (χ3n) is 1.75. The van der Waals surface area contributed by atoms with Crippen LogP contribution in [0.5, 0.6) is 0 Å². The van der Waals surface area contributed by atoms with Crippen molar-refractivity contribution < 1.29 is 13.2 Å². The van der Waals surface area contributed by atoms with Gasteiger partial charge in [-0.25, -0.2) is 8.42 Å². The summed E-state index contributed by atoms with van der Waals surface area (Å²) in [5.74, 6) is -0.00904. The third-order valence-corrected chi connectivity index (χ3v) is 3.75. The zero-order chi connectivity index (χ0) is 11.3. The summed E-state index contributed by atoms with van der Waals surface area (Å²) in [6.45, 7) is 0.221. The van der Waals surface area contributed by atoms with Gasteiger partial charge in [0, 0.05) is 17.8 Å². The molecule has 0 spiro atoms.